The zero-order valence-electron chi connectivity index (χ0n) is 16.1. The molecule has 29 heavy (non-hydrogen) atoms. The molecule has 2 N–H and O–H groups in total. The lowest BCUT2D eigenvalue weighted by molar-refractivity contribution is 0.251. The Kier molecular flexibility index (Phi) is 6.00. The molecule has 0 spiro atoms. The van der Waals surface area contributed by atoms with E-state index >= 15 is 0 Å². The van der Waals surface area contributed by atoms with E-state index in [0.29, 0.717) is 33.7 Å². The van der Waals surface area contributed by atoms with Crippen molar-refractivity contribution >= 4 is 22.5 Å². The molecule has 1 heterocycles. The van der Waals surface area contributed by atoms with E-state index in [4.69, 9.17) is 15.9 Å². The standard InChI is InChI=1S/C21H20N4O4/c1-4-11-25-20(26)16-8-6-5-7-15(16)18(24-25)13-22-21(27)23-17-10-9-14(28-2)12-19(17)29-3/h1,5-10,12H,11,13H2,2-3H3,(H2,22,23,27). The maximum Gasteiger partial charge on any atom is 0.319 e. The summed E-state index contributed by atoms with van der Waals surface area (Å²) >= 11 is 0. The van der Waals surface area contributed by atoms with Gasteiger partial charge in [0.15, 0.2) is 0 Å². The number of fused-ring (bicyclic) bond motifs is 1. The van der Waals surface area contributed by atoms with Gasteiger partial charge < -0.3 is 20.1 Å². The predicted molar refractivity (Wildman–Crippen MR) is 110 cm³/mol. The van der Waals surface area contributed by atoms with Gasteiger partial charge in [0.25, 0.3) is 5.56 Å². The molecule has 8 heteroatoms. The van der Waals surface area contributed by atoms with Gasteiger partial charge in [-0.15, -0.1) is 6.42 Å². The average molecular weight is 392 g/mol. The Labute approximate surface area is 167 Å². The smallest absolute Gasteiger partial charge is 0.319 e. The van der Waals surface area contributed by atoms with E-state index in [1.54, 1.807) is 49.6 Å². The molecule has 0 unspecified atom stereocenters. The summed E-state index contributed by atoms with van der Waals surface area (Å²) in [7, 11) is 3.05. The van der Waals surface area contributed by atoms with Crippen molar-refractivity contribution in [2.45, 2.75) is 13.1 Å². The highest BCUT2D eigenvalue weighted by Crippen LogP contribution is 2.28. The summed E-state index contributed by atoms with van der Waals surface area (Å²) in [5, 5.41) is 10.9. The van der Waals surface area contributed by atoms with Gasteiger partial charge >= 0.3 is 6.03 Å². The van der Waals surface area contributed by atoms with Crippen molar-refractivity contribution in [2.75, 3.05) is 19.5 Å². The number of terminal acetylenes is 1. The molecule has 0 aliphatic carbocycles. The fourth-order valence-corrected chi connectivity index (χ4v) is 2.86. The van der Waals surface area contributed by atoms with E-state index in [0.717, 1.165) is 0 Å². The summed E-state index contributed by atoms with van der Waals surface area (Å²) in [6, 6.07) is 11.7. The second-order valence-corrected chi connectivity index (χ2v) is 6.03. The lowest BCUT2D eigenvalue weighted by Gasteiger charge is -2.13. The molecule has 0 aliphatic heterocycles. The minimum Gasteiger partial charge on any atom is -0.497 e. The van der Waals surface area contributed by atoms with E-state index in [1.165, 1.54) is 11.8 Å². The predicted octanol–water partition coefficient (Wildman–Crippen LogP) is 2.37. The summed E-state index contributed by atoms with van der Waals surface area (Å²) in [5.41, 5.74) is 0.753. The number of nitrogens with zero attached hydrogens (tertiary/aromatic N) is 2. The van der Waals surface area contributed by atoms with Gasteiger partial charge in [0.2, 0.25) is 0 Å². The normalized spacial score (nSPS) is 10.2. The van der Waals surface area contributed by atoms with Gasteiger partial charge in [-0.05, 0) is 18.2 Å². The van der Waals surface area contributed by atoms with Crippen LogP contribution in [0.2, 0.25) is 0 Å². The maximum absolute atomic E-state index is 12.5. The van der Waals surface area contributed by atoms with Crippen molar-refractivity contribution in [1.82, 2.24) is 15.1 Å². The van der Waals surface area contributed by atoms with E-state index in [2.05, 4.69) is 21.7 Å². The third kappa shape index (κ3) is 4.30. The van der Waals surface area contributed by atoms with Crippen LogP contribution in [0.25, 0.3) is 10.8 Å². The first-order chi connectivity index (χ1) is 14.1. The summed E-state index contributed by atoms with van der Waals surface area (Å²) < 4.78 is 11.6. The molecular weight excluding hydrogens is 372 g/mol. The largest absolute Gasteiger partial charge is 0.497 e. The highest BCUT2D eigenvalue weighted by Gasteiger charge is 2.12. The quantitative estimate of drug-likeness (QED) is 0.628. The number of hydrogen-bond acceptors (Lipinski definition) is 5. The van der Waals surface area contributed by atoms with Gasteiger partial charge in [0.1, 0.15) is 18.0 Å². The minimum absolute atomic E-state index is 0.0475. The van der Waals surface area contributed by atoms with Crippen LogP contribution in [0.4, 0.5) is 10.5 Å². The molecule has 0 radical (unpaired) electrons. The first-order valence-electron chi connectivity index (χ1n) is 8.76. The third-order valence-corrected chi connectivity index (χ3v) is 4.26. The second-order valence-electron chi connectivity index (χ2n) is 6.03. The zero-order chi connectivity index (χ0) is 20.8. The monoisotopic (exact) mass is 392 g/mol. The fourth-order valence-electron chi connectivity index (χ4n) is 2.86. The van der Waals surface area contributed by atoms with Crippen LogP contribution < -0.4 is 25.7 Å². The fraction of sp³-hybridized carbons (Fsp3) is 0.190. The van der Waals surface area contributed by atoms with Crippen LogP contribution in [0.1, 0.15) is 5.69 Å². The third-order valence-electron chi connectivity index (χ3n) is 4.26. The number of carbonyl (C=O) groups excluding carboxylic acids is 1. The summed E-state index contributed by atoms with van der Waals surface area (Å²) in [5.74, 6) is 3.49. The highest BCUT2D eigenvalue weighted by atomic mass is 16.5. The second kappa shape index (κ2) is 8.80. The first kappa shape index (κ1) is 19.8. The lowest BCUT2D eigenvalue weighted by Crippen LogP contribution is -2.31. The van der Waals surface area contributed by atoms with Crippen LogP contribution in [-0.2, 0) is 13.1 Å². The Hall–Kier alpha value is -3.99. The van der Waals surface area contributed by atoms with E-state index < -0.39 is 6.03 Å². The Bertz CT molecular complexity index is 1150. The number of carbonyl (C=O) groups is 1. The molecule has 148 valence electrons. The molecule has 0 saturated heterocycles. The molecule has 0 fully saturated rings. The van der Waals surface area contributed by atoms with Crippen molar-refractivity contribution in [3.05, 3.63) is 58.5 Å². The van der Waals surface area contributed by atoms with Gasteiger partial charge in [0.05, 0.1) is 37.5 Å². The van der Waals surface area contributed by atoms with E-state index in [1.807, 2.05) is 0 Å². The molecule has 0 atom stereocenters. The van der Waals surface area contributed by atoms with Crippen LogP contribution in [-0.4, -0.2) is 30.0 Å². The van der Waals surface area contributed by atoms with Crippen LogP contribution >= 0.6 is 0 Å². The van der Waals surface area contributed by atoms with Crippen molar-refractivity contribution in [2.24, 2.45) is 0 Å². The molecule has 2 aromatic carbocycles. The number of aromatic nitrogens is 2. The number of benzene rings is 2. The molecule has 3 aromatic rings. The number of anilines is 1. The Morgan fingerprint density at radius 3 is 2.62 bits per heavy atom. The molecule has 8 nitrogen and oxygen atoms in total. The zero-order valence-corrected chi connectivity index (χ0v) is 16.1. The van der Waals surface area contributed by atoms with E-state index in [-0.39, 0.29) is 18.6 Å². The van der Waals surface area contributed by atoms with Gasteiger partial charge in [0, 0.05) is 11.5 Å². The van der Waals surface area contributed by atoms with Gasteiger partial charge in [-0.25, -0.2) is 9.48 Å². The summed E-state index contributed by atoms with van der Waals surface area (Å²) in [4.78, 5) is 24.8. The van der Waals surface area contributed by atoms with Crippen LogP contribution in [0.15, 0.2) is 47.3 Å². The van der Waals surface area contributed by atoms with Crippen molar-refractivity contribution in [3.63, 3.8) is 0 Å². The first-order valence-corrected chi connectivity index (χ1v) is 8.76. The van der Waals surface area contributed by atoms with Crippen molar-refractivity contribution in [1.29, 1.82) is 0 Å². The average Bonchev–Trinajstić information content (AvgIpc) is 2.75. The van der Waals surface area contributed by atoms with Gasteiger partial charge in [-0.2, -0.15) is 5.10 Å². The number of rotatable bonds is 6. The maximum atomic E-state index is 12.5. The Morgan fingerprint density at radius 1 is 1.17 bits per heavy atom. The van der Waals surface area contributed by atoms with Gasteiger partial charge in [-0.3, -0.25) is 4.79 Å². The number of urea groups is 1. The van der Waals surface area contributed by atoms with Gasteiger partial charge in [-0.1, -0.05) is 24.1 Å². The molecular formula is C21H20N4O4. The Balaban J connectivity index is 1.80. The number of ether oxygens (including phenoxy) is 2. The van der Waals surface area contributed by atoms with E-state index in [9.17, 15) is 9.59 Å². The molecule has 0 saturated carbocycles. The summed E-state index contributed by atoms with van der Waals surface area (Å²) in [6.45, 7) is 0.154. The lowest BCUT2D eigenvalue weighted by atomic mass is 10.1. The minimum atomic E-state index is -0.450. The topological polar surface area (TPSA) is 94.5 Å². The molecule has 2 amide bonds. The van der Waals surface area contributed by atoms with Crippen LogP contribution in [0.3, 0.4) is 0 Å². The molecule has 3 rings (SSSR count). The number of hydrogen-bond donors (Lipinski definition) is 2. The van der Waals surface area contributed by atoms with Crippen LogP contribution in [0, 0.1) is 12.3 Å². The van der Waals surface area contributed by atoms with Crippen LogP contribution in [0.5, 0.6) is 11.5 Å². The Morgan fingerprint density at radius 2 is 1.93 bits per heavy atom. The van der Waals surface area contributed by atoms with Crippen molar-refractivity contribution in [3.8, 4) is 23.8 Å². The molecule has 0 bridgehead atoms. The number of nitrogens with one attached hydrogen (secondary N) is 2. The number of methoxy groups -OCH3 is 2. The number of amides is 2. The van der Waals surface area contributed by atoms with Crippen molar-refractivity contribution < 1.29 is 14.3 Å². The molecule has 0 aliphatic rings. The highest BCUT2D eigenvalue weighted by molar-refractivity contribution is 5.91. The SMILES string of the molecule is C#CCn1nc(CNC(=O)Nc2ccc(OC)cc2OC)c2ccccc2c1=O. The molecule has 1 aromatic heterocycles. The summed E-state index contributed by atoms with van der Waals surface area (Å²) in [6.07, 6.45) is 5.33.